The number of nitrogen functional groups attached to an aromatic ring is 1. The number of nitrogens with two attached hydrogens (primary N) is 1. The van der Waals surface area contributed by atoms with Gasteiger partial charge in [-0.05, 0) is 35.7 Å². The van der Waals surface area contributed by atoms with Gasteiger partial charge in [-0.25, -0.2) is 0 Å². The average Bonchev–Trinajstić information content (AvgIpc) is 2.25. The van der Waals surface area contributed by atoms with Gasteiger partial charge in [-0.15, -0.1) is 0 Å². The van der Waals surface area contributed by atoms with E-state index in [9.17, 15) is 0 Å². The van der Waals surface area contributed by atoms with E-state index in [0.29, 0.717) is 0 Å². The van der Waals surface area contributed by atoms with Crippen molar-refractivity contribution in [3.05, 3.63) is 64.2 Å². The first-order chi connectivity index (χ1) is 7.66. The second-order valence-electron chi connectivity index (χ2n) is 3.97. The monoisotopic (exact) mass is 231 g/mol. The zero-order valence-electron chi connectivity index (χ0n) is 9.20. The Morgan fingerprint density at radius 2 is 1.81 bits per heavy atom. The van der Waals surface area contributed by atoms with E-state index in [1.807, 2.05) is 37.3 Å². The van der Waals surface area contributed by atoms with Gasteiger partial charge in [0.25, 0.3) is 0 Å². The predicted molar refractivity (Wildman–Crippen MR) is 69.8 cm³/mol. The topological polar surface area (TPSA) is 26.0 Å². The third-order valence-electron chi connectivity index (χ3n) is 2.64. The lowest BCUT2D eigenvalue weighted by molar-refractivity contribution is 1.19. The van der Waals surface area contributed by atoms with Crippen LogP contribution in [0.25, 0.3) is 0 Å². The van der Waals surface area contributed by atoms with Crippen LogP contribution in [0.4, 0.5) is 5.69 Å². The molecule has 0 fully saturated rings. The number of halogens is 1. The average molecular weight is 232 g/mol. The summed E-state index contributed by atoms with van der Waals surface area (Å²) in [7, 11) is 0. The molecule has 0 radical (unpaired) electrons. The van der Waals surface area contributed by atoms with Crippen molar-refractivity contribution in [1.29, 1.82) is 0 Å². The van der Waals surface area contributed by atoms with E-state index < -0.39 is 0 Å². The van der Waals surface area contributed by atoms with Crippen molar-refractivity contribution in [2.45, 2.75) is 13.3 Å². The van der Waals surface area contributed by atoms with E-state index in [4.69, 9.17) is 17.3 Å². The Kier molecular flexibility index (Phi) is 3.16. The fraction of sp³-hybridized carbons (Fsp3) is 0.143. The van der Waals surface area contributed by atoms with Gasteiger partial charge in [0.05, 0.1) is 0 Å². The lowest BCUT2D eigenvalue weighted by atomic mass is 10.0. The molecule has 0 spiro atoms. The Bertz CT molecular complexity index is 506. The SMILES string of the molecule is Cc1ccc(Cc2ccccc2Cl)c(N)c1. The summed E-state index contributed by atoms with van der Waals surface area (Å²) in [6.07, 6.45) is 0.784. The molecular weight excluding hydrogens is 218 g/mol. The van der Waals surface area contributed by atoms with E-state index in [0.717, 1.165) is 28.3 Å². The van der Waals surface area contributed by atoms with Gasteiger partial charge in [-0.3, -0.25) is 0 Å². The number of anilines is 1. The van der Waals surface area contributed by atoms with Crippen LogP contribution in [0.15, 0.2) is 42.5 Å². The van der Waals surface area contributed by atoms with Gasteiger partial charge in [-0.1, -0.05) is 41.9 Å². The van der Waals surface area contributed by atoms with Crippen molar-refractivity contribution in [3.63, 3.8) is 0 Å². The normalized spacial score (nSPS) is 10.4. The van der Waals surface area contributed by atoms with Crippen LogP contribution in [0.2, 0.25) is 5.02 Å². The molecular formula is C14H14ClN. The molecule has 1 nitrogen and oxygen atoms in total. The smallest absolute Gasteiger partial charge is 0.0441 e. The number of hydrogen-bond acceptors (Lipinski definition) is 1. The van der Waals surface area contributed by atoms with Gasteiger partial charge < -0.3 is 5.73 Å². The molecule has 0 saturated heterocycles. The second kappa shape index (κ2) is 4.58. The van der Waals surface area contributed by atoms with Gasteiger partial charge in [0, 0.05) is 17.1 Å². The highest BCUT2D eigenvalue weighted by Crippen LogP contribution is 2.22. The van der Waals surface area contributed by atoms with Crippen molar-refractivity contribution in [3.8, 4) is 0 Å². The summed E-state index contributed by atoms with van der Waals surface area (Å²) in [6.45, 7) is 2.04. The largest absolute Gasteiger partial charge is 0.398 e. The van der Waals surface area contributed by atoms with Crippen LogP contribution in [-0.2, 0) is 6.42 Å². The molecule has 0 aliphatic rings. The molecule has 0 unspecified atom stereocenters. The maximum Gasteiger partial charge on any atom is 0.0441 e. The third kappa shape index (κ3) is 2.37. The molecule has 0 bridgehead atoms. The fourth-order valence-corrected chi connectivity index (χ4v) is 1.92. The number of benzene rings is 2. The van der Waals surface area contributed by atoms with Gasteiger partial charge >= 0.3 is 0 Å². The Balaban J connectivity index is 2.31. The van der Waals surface area contributed by atoms with Crippen molar-refractivity contribution < 1.29 is 0 Å². The summed E-state index contributed by atoms with van der Waals surface area (Å²) in [6, 6.07) is 14.0. The standard InChI is InChI=1S/C14H14ClN/c1-10-6-7-12(14(16)8-10)9-11-4-2-3-5-13(11)15/h2-8H,9,16H2,1H3. The summed E-state index contributed by atoms with van der Waals surface area (Å²) in [4.78, 5) is 0. The van der Waals surface area contributed by atoms with Crippen LogP contribution in [0.3, 0.4) is 0 Å². The molecule has 0 atom stereocenters. The fourth-order valence-electron chi connectivity index (χ4n) is 1.72. The minimum atomic E-state index is 0.784. The molecule has 82 valence electrons. The molecule has 0 aromatic heterocycles. The zero-order chi connectivity index (χ0) is 11.5. The quantitative estimate of drug-likeness (QED) is 0.782. The Hall–Kier alpha value is -1.47. The molecule has 16 heavy (non-hydrogen) atoms. The molecule has 0 saturated carbocycles. The maximum absolute atomic E-state index is 6.12. The Morgan fingerprint density at radius 1 is 1.06 bits per heavy atom. The second-order valence-corrected chi connectivity index (χ2v) is 4.38. The molecule has 2 heteroatoms. The number of hydrogen-bond donors (Lipinski definition) is 1. The van der Waals surface area contributed by atoms with E-state index in [1.165, 1.54) is 5.56 Å². The van der Waals surface area contributed by atoms with Crippen LogP contribution < -0.4 is 5.73 Å². The molecule has 0 heterocycles. The minimum Gasteiger partial charge on any atom is -0.398 e. The molecule has 0 amide bonds. The zero-order valence-corrected chi connectivity index (χ0v) is 9.96. The third-order valence-corrected chi connectivity index (χ3v) is 3.01. The summed E-state index contributed by atoms with van der Waals surface area (Å²) >= 11 is 6.12. The van der Waals surface area contributed by atoms with Crippen molar-refractivity contribution in [2.24, 2.45) is 0 Å². The minimum absolute atomic E-state index is 0.784. The molecule has 0 aliphatic carbocycles. The van der Waals surface area contributed by atoms with Crippen LogP contribution >= 0.6 is 11.6 Å². The Morgan fingerprint density at radius 3 is 2.50 bits per heavy atom. The highest BCUT2D eigenvalue weighted by Gasteiger charge is 2.03. The van der Waals surface area contributed by atoms with E-state index in [2.05, 4.69) is 12.1 Å². The summed E-state index contributed by atoms with van der Waals surface area (Å²) in [5.74, 6) is 0. The Labute approximate surface area is 101 Å². The molecule has 0 aliphatic heterocycles. The first-order valence-corrected chi connectivity index (χ1v) is 5.63. The van der Waals surface area contributed by atoms with Gasteiger partial charge in [0.1, 0.15) is 0 Å². The van der Waals surface area contributed by atoms with Crippen molar-refractivity contribution in [2.75, 3.05) is 5.73 Å². The van der Waals surface area contributed by atoms with Crippen LogP contribution in [-0.4, -0.2) is 0 Å². The summed E-state index contributed by atoms with van der Waals surface area (Å²) < 4.78 is 0. The predicted octanol–water partition coefficient (Wildman–Crippen LogP) is 3.82. The number of rotatable bonds is 2. The highest BCUT2D eigenvalue weighted by molar-refractivity contribution is 6.31. The van der Waals surface area contributed by atoms with E-state index in [1.54, 1.807) is 0 Å². The van der Waals surface area contributed by atoms with E-state index >= 15 is 0 Å². The lowest BCUT2D eigenvalue weighted by Gasteiger charge is -2.08. The van der Waals surface area contributed by atoms with Crippen molar-refractivity contribution >= 4 is 17.3 Å². The summed E-state index contributed by atoms with van der Waals surface area (Å²) in [5.41, 5.74) is 10.2. The molecule has 2 rings (SSSR count). The van der Waals surface area contributed by atoms with E-state index in [-0.39, 0.29) is 0 Å². The van der Waals surface area contributed by atoms with Crippen LogP contribution in [0, 0.1) is 6.92 Å². The summed E-state index contributed by atoms with van der Waals surface area (Å²) in [5, 5.41) is 0.794. The first kappa shape index (κ1) is 11.0. The first-order valence-electron chi connectivity index (χ1n) is 5.25. The molecule has 2 aromatic rings. The van der Waals surface area contributed by atoms with Crippen LogP contribution in [0.1, 0.15) is 16.7 Å². The molecule has 2 N–H and O–H groups in total. The highest BCUT2D eigenvalue weighted by atomic mass is 35.5. The lowest BCUT2D eigenvalue weighted by Crippen LogP contribution is -1.96. The van der Waals surface area contributed by atoms with Gasteiger partial charge in [0.2, 0.25) is 0 Å². The maximum atomic E-state index is 6.12. The molecule has 2 aromatic carbocycles. The van der Waals surface area contributed by atoms with Gasteiger partial charge in [0.15, 0.2) is 0 Å². The van der Waals surface area contributed by atoms with Crippen molar-refractivity contribution in [1.82, 2.24) is 0 Å². The van der Waals surface area contributed by atoms with Gasteiger partial charge in [-0.2, -0.15) is 0 Å². The van der Waals surface area contributed by atoms with Crippen LogP contribution in [0.5, 0.6) is 0 Å². The number of aryl methyl sites for hydroxylation is 1.